The third-order valence-corrected chi connectivity index (χ3v) is 3.33. The summed E-state index contributed by atoms with van der Waals surface area (Å²) in [4.78, 5) is 3.74. The molecule has 0 saturated heterocycles. The van der Waals surface area contributed by atoms with Gasteiger partial charge in [-0.2, -0.15) is 18.4 Å². The summed E-state index contributed by atoms with van der Waals surface area (Å²) >= 11 is 0. The van der Waals surface area contributed by atoms with E-state index in [0.29, 0.717) is 0 Å². The molecular weight excluding hydrogens is 289 g/mol. The lowest BCUT2D eigenvalue weighted by Crippen LogP contribution is -2.05. The van der Waals surface area contributed by atoms with Gasteiger partial charge >= 0.3 is 6.18 Å². The average molecular weight is 302 g/mol. The predicted octanol–water partition coefficient (Wildman–Crippen LogP) is 4.78. The number of alkyl halides is 3. The van der Waals surface area contributed by atoms with Crippen molar-refractivity contribution in [2.75, 3.05) is 0 Å². The van der Waals surface area contributed by atoms with Crippen LogP contribution in [-0.4, -0.2) is 4.98 Å². The van der Waals surface area contributed by atoms with Crippen molar-refractivity contribution in [3.8, 4) is 6.07 Å². The van der Waals surface area contributed by atoms with Gasteiger partial charge in [-0.15, -0.1) is 0 Å². The molecule has 22 heavy (non-hydrogen) atoms. The molecule has 0 bridgehead atoms. The Hall–Kier alpha value is -2.61. The molecular formula is C17H13F3N2. The SMILES string of the molecule is Cc1ccc(C=C(C#N)c2ccc(C(F)(F)F)cn2)cc1C. The molecule has 5 heteroatoms. The first kappa shape index (κ1) is 15.8. The van der Waals surface area contributed by atoms with E-state index in [1.165, 1.54) is 6.07 Å². The zero-order chi connectivity index (χ0) is 16.3. The Bertz CT molecular complexity index is 751. The molecule has 0 aliphatic heterocycles. The lowest BCUT2D eigenvalue weighted by molar-refractivity contribution is -0.137. The Morgan fingerprint density at radius 1 is 1.14 bits per heavy atom. The molecule has 0 N–H and O–H groups in total. The van der Waals surface area contributed by atoms with Crippen LogP contribution in [0.1, 0.15) is 27.9 Å². The zero-order valence-electron chi connectivity index (χ0n) is 12.1. The zero-order valence-corrected chi connectivity index (χ0v) is 12.1. The van der Waals surface area contributed by atoms with Gasteiger partial charge in [0.15, 0.2) is 0 Å². The van der Waals surface area contributed by atoms with E-state index in [2.05, 4.69) is 4.98 Å². The summed E-state index contributed by atoms with van der Waals surface area (Å²) in [5, 5.41) is 9.21. The molecule has 0 unspecified atom stereocenters. The number of benzene rings is 1. The van der Waals surface area contributed by atoms with Crippen LogP contribution < -0.4 is 0 Å². The van der Waals surface area contributed by atoms with E-state index in [4.69, 9.17) is 0 Å². The second kappa shape index (κ2) is 6.02. The number of rotatable bonds is 2. The molecule has 1 aromatic heterocycles. The smallest absolute Gasteiger partial charge is 0.255 e. The maximum atomic E-state index is 12.5. The number of hydrogen-bond donors (Lipinski definition) is 0. The summed E-state index contributed by atoms with van der Waals surface area (Å²) in [6.07, 6.45) is -2.08. The molecule has 0 fully saturated rings. The van der Waals surface area contributed by atoms with Crippen molar-refractivity contribution in [2.24, 2.45) is 0 Å². The second-order valence-electron chi connectivity index (χ2n) is 4.94. The number of nitriles is 1. The van der Waals surface area contributed by atoms with Crippen LogP contribution in [0.15, 0.2) is 36.5 Å². The quantitative estimate of drug-likeness (QED) is 0.748. The Morgan fingerprint density at radius 2 is 1.86 bits per heavy atom. The van der Waals surface area contributed by atoms with Crippen molar-refractivity contribution in [1.29, 1.82) is 5.26 Å². The Morgan fingerprint density at radius 3 is 2.36 bits per heavy atom. The van der Waals surface area contributed by atoms with E-state index in [0.717, 1.165) is 29.0 Å². The fourth-order valence-corrected chi connectivity index (χ4v) is 1.91. The lowest BCUT2D eigenvalue weighted by Gasteiger charge is -2.06. The summed E-state index contributed by atoms with van der Waals surface area (Å²) in [6, 6.07) is 9.80. The number of pyridine rings is 1. The fraction of sp³-hybridized carbons (Fsp3) is 0.176. The predicted molar refractivity (Wildman–Crippen MR) is 78.6 cm³/mol. The van der Waals surface area contributed by atoms with Gasteiger partial charge in [-0.3, -0.25) is 4.98 Å². The number of nitrogens with zero attached hydrogens (tertiary/aromatic N) is 2. The van der Waals surface area contributed by atoms with Crippen molar-refractivity contribution >= 4 is 11.6 Å². The highest BCUT2D eigenvalue weighted by molar-refractivity contribution is 5.88. The van der Waals surface area contributed by atoms with E-state index in [1.807, 2.05) is 38.1 Å². The highest BCUT2D eigenvalue weighted by Gasteiger charge is 2.30. The van der Waals surface area contributed by atoms with E-state index in [9.17, 15) is 18.4 Å². The molecule has 0 amide bonds. The summed E-state index contributed by atoms with van der Waals surface area (Å²) < 4.78 is 37.5. The molecule has 2 nitrogen and oxygen atoms in total. The molecule has 1 aromatic carbocycles. The standard InChI is InChI=1S/C17H13F3N2/c1-11-3-4-13(7-12(11)2)8-14(9-21)16-6-5-15(10-22-16)17(18,19)20/h3-8,10H,1-2H3. The molecule has 0 atom stereocenters. The second-order valence-corrected chi connectivity index (χ2v) is 4.94. The topological polar surface area (TPSA) is 36.7 Å². The lowest BCUT2D eigenvalue weighted by atomic mass is 10.0. The largest absolute Gasteiger partial charge is 0.417 e. The Balaban J connectivity index is 2.37. The van der Waals surface area contributed by atoms with Crippen LogP contribution in [0.3, 0.4) is 0 Å². The van der Waals surface area contributed by atoms with Crippen molar-refractivity contribution in [1.82, 2.24) is 4.98 Å². The van der Waals surface area contributed by atoms with E-state index >= 15 is 0 Å². The van der Waals surface area contributed by atoms with Crippen LogP contribution in [0.2, 0.25) is 0 Å². The molecule has 1 heterocycles. The van der Waals surface area contributed by atoms with Gasteiger partial charge in [-0.1, -0.05) is 18.2 Å². The minimum atomic E-state index is -4.43. The molecule has 0 saturated carbocycles. The molecule has 0 aliphatic carbocycles. The van der Waals surface area contributed by atoms with Crippen LogP contribution >= 0.6 is 0 Å². The molecule has 0 radical (unpaired) electrons. The van der Waals surface area contributed by atoms with Crippen LogP contribution in [0.4, 0.5) is 13.2 Å². The number of hydrogen-bond acceptors (Lipinski definition) is 2. The van der Waals surface area contributed by atoms with Gasteiger partial charge in [0, 0.05) is 6.20 Å². The Labute approximate surface area is 126 Å². The summed E-state index contributed by atoms with van der Waals surface area (Å²) in [5.74, 6) is 0. The van der Waals surface area contributed by atoms with Crippen LogP contribution in [0, 0.1) is 25.2 Å². The average Bonchev–Trinajstić information content (AvgIpc) is 2.47. The van der Waals surface area contributed by atoms with Crippen LogP contribution in [0.5, 0.6) is 0 Å². The van der Waals surface area contributed by atoms with Crippen LogP contribution in [0.25, 0.3) is 11.6 Å². The maximum Gasteiger partial charge on any atom is 0.417 e. The minimum Gasteiger partial charge on any atom is -0.255 e. The monoisotopic (exact) mass is 302 g/mol. The van der Waals surface area contributed by atoms with Crippen molar-refractivity contribution in [3.05, 3.63) is 64.5 Å². The van der Waals surface area contributed by atoms with Gasteiger partial charge < -0.3 is 0 Å². The van der Waals surface area contributed by atoms with Gasteiger partial charge in [0.1, 0.15) is 6.07 Å². The van der Waals surface area contributed by atoms with E-state index in [-0.39, 0.29) is 11.3 Å². The van der Waals surface area contributed by atoms with Gasteiger partial charge in [0.25, 0.3) is 0 Å². The highest BCUT2D eigenvalue weighted by atomic mass is 19.4. The molecule has 0 aliphatic rings. The number of allylic oxidation sites excluding steroid dienone is 1. The van der Waals surface area contributed by atoms with Crippen molar-refractivity contribution in [2.45, 2.75) is 20.0 Å². The van der Waals surface area contributed by atoms with Gasteiger partial charge in [0.05, 0.1) is 16.8 Å². The van der Waals surface area contributed by atoms with E-state index < -0.39 is 11.7 Å². The van der Waals surface area contributed by atoms with E-state index in [1.54, 1.807) is 6.08 Å². The first-order chi connectivity index (χ1) is 10.3. The summed E-state index contributed by atoms with van der Waals surface area (Å²) in [7, 11) is 0. The van der Waals surface area contributed by atoms with Crippen molar-refractivity contribution < 1.29 is 13.2 Å². The van der Waals surface area contributed by atoms with Crippen molar-refractivity contribution in [3.63, 3.8) is 0 Å². The first-order valence-corrected chi connectivity index (χ1v) is 6.54. The third-order valence-electron chi connectivity index (χ3n) is 3.33. The van der Waals surface area contributed by atoms with Gasteiger partial charge in [-0.25, -0.2) is 0 Å². The third kappa shape index (κ3) is 3.53. The minimum absolute atomic E-state index is 0.216. The highest BCUT2D eigenvalue weighted by Crippen LogP contribution is 2.29. The summed E-state index contributed by atoms with van der Waals surface area (Å²) in [5.41, 5.74) is 2.61. The molecule has 0 spiro atoms. The maximum absolute atomic E-state index is 12.5. The first-order valence-electron chi connectivity index (χ1n) is 6.54. The molecule has 112 valence electrons. The van der Waals surface area contributed by atoms with Crippen LogP contribution in [-0.2, 0) is 6.18 Å². The Kier molecular flexibility index (Phi) is 4.32. The summed E-state index contributed by atoms with van der Waals surface area (Å²) in [6.45, 7) is 3.93. The molecule has 2 rings (SSSR count). The molecule has 2 aromatic rings. The normalized spacial score (nSPS) is 12.1. The number of aromatic nitrogens is 1. The fourth-order valence-electron chi connectivity index (χ4n) is 1.91. The van der Waals surface area contributed by atoms with Gasteiger partial charge in [0.2, 0.25) is 0 Å². The number of aryl methyl sites for hydroxylation is 2. The number of halogens is 3. The van der Waals surface area contributed by atoms with Gasteiger partial charge in [-0.05, 0) is 48.7 Å².